The van der Waals surface area contributed by atoms with Crippen LogP contribution in [0.5, 0.6) is 5.75 Å². The number of nitrogens with zero attached hydrogens (tertiary/aromatic N) is 2. The Morgan fingerprint density at radius 3 is 2.80 bits per heavy atom. The van der Waals surface area contributed by atoms with E-state index in [-0.39, 0.29) is 0 Å². The van der Waals surface area contributed by atoms with Crippen LogP contribution in [0.3, 0.4) is 0 Å². The monoisotopic (exact) mass is 328 g/mol. The second kappa shape index (κ2) is 7.89. The van der Waals surface area contributed by atoms with E-state index in [0.29, 0.717) is 17.8 Å². The Balaban J connectivity index is 1.77. The zero-order valence-electron chi connectivity index (χ0n) is 10.7. The van der Waals surface area contributed by atoms with Gasteiger partial charge in [-0.3, -0.25) is 0 Å². The van der Waals surface area contributed by atoms with Crippen LogP contribution in [0, 0.1) is 0 Å². The first-order valence-corrected chi connectivity index (χ1v) is 8.81. The molecule has 9 heteroatoms. The van der Waals surface area contributed by atoms with Crippen LogP contribution in [0.2, 0.25) is 0 Å². The Morgan fingerprint density at radius 2 is 2.10 bits per heavy atom. The summed E-state index contributed by atoms with van der Waals surface area (Å²) in [6.45, 7) is 0.518. The van der Waals surface area contributed by atoms with Gasteiger partial charge in [0.05, 0.1) is 6.61 Å². The number of aromatic nitrogens is 2. The molecule has 0 amide bonds. The van der Waals surface area contributed by atoms with Crippen molar-refractivity contribution in [2.75, 3.05) is 18.6 Å². The number of benzene rings is 1. The van der Waals surface area contributed by atoms with Gasteiger partial charge in [-0.15, -0.1) is 10.2 Å². The van der Waals surface area contributed by atoms with Crippen LogP contribution >= 0.6 is 34.9 Å². The van der Waals surface area contributed by atoms with Gasteiger partial charge in [-0.2, -0.15) is 0 Å². The average molecular weight is 328 g/mol. The summed E-state index contributed by atoms with van der Waals surface area (Å²) in [5, 5.41) is 26.2. The lowest BCUT2D eigenvalue weighted by molar-refractivity contribution is 0.344. The molecule has 0 unspecified atom stereocenters. The number of rotatable bonds is 7. The summed E-state index contributed by atoms with van der Waals surface area (Å²) >= 11 is 4.74. The summed E-state index contributed by atoms with van der Waals surface area (Å²) in [6.07, 6.45) is 1.97. The Morgan fingerprint density at radius 1 is 1.30 bits per heavy atom. The lowest BCUT2D eigenvalue weighted by Gasteiger charge is -2.06. The number of hydrogen-bond acceptors (Lipinski definition) is 8. The quantitative estimate of drug-likeness (QED) is 0.448. The van der Waals surface area contributed by atoms with Crippen LogP contribution in [0.15, 0.2) is 32.9 Å². The minimum absolute atomic E-state index is 0.420. The summed E-state index contributed by atoms with van der Waals surface area (Å²) in [6, 6.07) is 6.77. The first kappa shape index (κ1) is 15.6. The first-order chi connectivity index (χ1) is 9.69. The Labute approximate surface area is 129 Å². The lowest BCUT2D eigenvalue weighted by atomic mass is 9.80. The normalized spacial score (nSPS) is 10.6. The molecule has 20 heavy (non-hydrogen) atoms. The van der Waals surface area contributed by atoms with Crippen molar-refractivity contribution in [3.63, 3.8) is 0 Å². The molecule has 0 bridgehead atoms. The fourth-order valence-corrected chi connectivity index (χ4v) is 3.72. The van der Waals surface area contributed by atoms with Gasteiger partial charge >= 0.3 is 7.12 Å². The predicted octanol–water partition coefficient (Wildman–Crippen LogP) is 1.11. The SMILES string of the molecule is CSc1nnc(SCCOc2cccc(B(O)O)c2)s1. The van der Waals surface area contributed by atoms with Crippen LogP contribution in [-0.4, -0.2) is 46.0 Å². The van der Waals surface area contributed by atoms with Crippen molar-refractivity contribution in [2.45, 2.75) is 8.68 Å². The second-order valence-corrected chi connectivity index (χ2v) is 7.05. The molecule has 2 rings (SSSR count). The van der Waals surface area contributed by atoms with Gasteiger partial charge in [-0.1, -0.05) is 47.0 Å². The molecular formula is C11H13BN2O3S3. The van der Waals surface area contributed by atoms with Crippen LogP contribution in [0.25, 0.3) is 0 Å². The largest absolute Gasteiger partial charge is 0.493 e. The Bertz CT molecular complexity index is 553. The van der Waals surface area contributed by atoms with Crippen LogP contribution < -0.4 is 10.2 Å². The summed E-state index contributed by atoms with van der Waals surface area (Å²) in [4.78, 5) is 0. The van der Waals surface area contributed by atoms with Crippen molar-refractivity contribution >= 4 is 47.4 Å². The smallest absolute Gasteiger partial charge is 0.488 e. The van der Waals surface area contributed by atoms with E-state index in [1.807, 2.05) is 6.26 Å². The Hall–Kier alpha value is -0.735. The van der Waals surface area contributed by atoms with Crippen molar-refractivity contribution in [2.24, 2.45) is 0 Å². The molecule has 0 aliphatic rings. The molecule has 0 atom stereocenters. The van der Waals surface area contributed by atoms with E-state index >= 15 is 0 Å². The summed E-state index contributed by atoms with van der Waals surface area (Å²) in [5.74, 6) is 1.38. The third kappa shape index (κ3) is 4.67. The highest BCUT2D eigenvalue weighted by molar-refractivity contribution is 8.02. The third-order valence-electron chi connectivity index (χ3n) is 2.30. The molecule has 2 aromatic rings. The number of hydrogen-bond donors (Lipinski definition) is 2. The van der Waals surface area contributed by atoms with E-state index in [9.17, 15) is 0 Å². The molecule has 0 saturated carbocycles. The van der Waals surface area contributed by atoms with E-state index in [4.69, 9.17) is 14.8 Å². The van der Waals surface area contributed by atoms with Gasteiger partial charge in [0.2, 0.25) is 0 Å². The molecular weight excluding hydrogens is 315 g/mol. The minimum Gasteiger partial charge on any atom is -0.493 e. The van der Waals surface area contributed by atoms with Crippen molar-refractivity contribution in [1.29, 1.82) is 0 Å². The van der Waals surface area contributed by atoms with Gasteiger partial charge < -0.3 is 14.8 Å². The molecule has 1 aromatic heterocycles. The van der Waals surface area contributed by atoms with E-state index < -0.39 is 7.12 Å². The maximum Gasteiger partial charge on any atom is 0.488 e. The topological polar surface area (TPSA) is 75.5 Å². The van der Waals surface area contributed by atoms with Gasteiger partial charge in [0.25, 0.3) is 0 Å². The van der Waals surface area contributed by atoms with Crippen molar-refractivity contribution in [1.82, 2.24) is 10.2 Å². The highest BCUT2D eigenvalue weighted by Gasteiger charge is 2.11. The van der Waals surface area contributed by atoms with Gasteiger partial charge in [-0.05, 0) is 23.9 Å². The summed E-state index contributed by atoms with van der Waals surface area (Å²) in [7, 11) is -1.47. The summed E-state index contributed by atoms with van der Waals surface area (Å²) < 4.78 is 7.44. The molecule has 1 aromatic carbocycles. The van der Waals surface area contributed by atoms with Crippen LogP contribution in [0.4, 0.5) is 0 Å². The van der Waals surface area contributed by atoms with E-state index in [1.165, 1.54) is 0 Å². The first-order valence-electron chi connectivity index (χ1n) is 5.78. The van der Waals surface area contributed by atoms with E-state index in [1.54, 1.807) is 59.1 Å². The fourth-order valence-electron chi connectivity index (χ4n) is 1.39. The third-order valence-corrected chi connectivity index (χ3v) is 5.29. The average Bonchev–Trinajstić information content (AvgIpc) is 2.92. The maximum atomic E-state index is 9.07. The number of ether oxygens (including phenoxy) is 1. The molecule has 0 radical (unpaired) electrons. The van der Waals surface area contributed by atoms with E-state index in [2.05, 4.69) is 10.2 Å². The van der Waals surface area contributed by atoms with Crippen molar-refractivity contribution in [3.8, 4) is 5.75 Å². The highest BCUT2D eigenvalue weighted by Crippen LogP contribution is 2.27. The molecule has 2 N–H and O–H groups in total. The molecule has 0 aliphatic carbocycles. The summed E-state index contributed by atoms with van der Waals surface area (Å²) in [5.41, 5.74) is 0.420. The van der Waals surface area contributed by atoms with Crippen LogP contribution in [-0.2, 0) is 0 Å². The van der Waals surface area contributed by atoms with E-state index in [0.717, 1.165) is 14.4 Å². The Kier molecular flexibility index (Phi) is 6.18. The van der Waals surface area contributed by atoms with Gasteiger partial charge in [-0.25, -0.2) is 0 Å². The lowest BCUT2D eigenvalue weighted by Crippen LogP contribution is -2.29. The van der Waals surface area contributed by atoms with Gasteiger partial charge in [0.15, 0.2) is 8.68 Å². The van der Waals surface area contributed by atoms with Crippen molar-refractivity contribution in [3.05, 3.63) is 24.3 Å². The molecule has 0 aliphatic heterocycles. The molecule has 5 nitrogen and oxygen atoms in total. The van der Waals surface area contributed by atoms with Crippen LogP contribution in [0.1, 0.15) is 0 Å². The standard InChI is InChI=1S/C11H13BN2O3S3/c1-18-10-13-14-11(20-10)19-6-5-17-9-4-2-3-8(7-9)12(15)16/h2-4,7,15-16H,5-6H2,1H3. The minimum atomic E-state index is -1.47. The zero-order valence-corrected chi connectivity index (χ0v) is 13.2. The molecule has 0 saturated heterocycles. The second-order valence-electron chi connectivity index (χ2n) is 3.68. The highest BCUT2D eigenvalue weighted by atomic mass is 32.2. The van der Waals surface area contributed by atoms with Crippen molar-refractivity contribution < 1.29 is 14.8 Å². The predicted molar refractivity (Wildman–Crippen MR) is 84.2 cm³/mol. The van der Waals surface area contributed by atoms with Gasteiger partial charge in [0.1, 0.15) is 5.75 Å². The number of thioether (sulfide) groups is 2. The molecule has 0 fully saturated rings. The van der Waals surface area contributed by atoms with Gasteiger partial charge in [0, 0.05) is 5.75 Å². The zero-order chi connectivity index (χ0) is 14.4. The molecule has 1 heterocycles. The molecule has 0 spiro atoms. The maximum absolute atomic E-state index is 9.07. The molecule has 106 valence electrons. The fraction of sp³-hybridized carbons (Fsp3) is 0.273.